The number of methoxy groups -OCH3 is 1. The summed E-state index contributed by atoms with van der Waals surface area (Å²) in [5.74, 6) is 0.546. The van der Waals surface area contributed by atoms with Gasteiger partial charge in [-0.05, 0) is 42.0 Å². The summed E-state index contributed by atoms with van der Waals surface area (Å²) in [4.78, 5) is 25.7. The van der Waals surface area contributed by atoms with Gasteiger partial charge in [0.15, 0.2) is 0 Å². The highest BCUT2D eigenvalue weighted by Gasteiger charge is 2.34. The summed E-state index contributed by atoms with van der Waals surface area (Å²) in [6.07, 6.45) is 2.49. The number of halogens is 1. The van der Waals surface area contributed by atoms with E-state index in [1.807, 2.05) is 24.3 Å². The van der Waals surface area contributed by atoms with E-state index in [0.717, 1.165) is 34.8 Å². The van der Waals surface area contributed by atoms with Crippen molar-refractivity contribution in [1.82, 2.24) is 4.90 Å². The lowest BCUT2D eigenvalue weighted by atomic mass is 10.2. The van der Waals surface area contributed by atoms with Gasteiger partial charge in [-0.15, -0.1) is 0 Å². The van der Waals surface area contributed by atoms with Crippen molar-refractivity contribution in [1.29, 1.82) is 0 Å². The van der Waals surface area contributed by atoms with Gasteiger partial charge in [-0.1, -0.05) is 28.1 Å². The van der Waals surface area contributed by atoms with Crippen LogP contribution in [0.3, 0.4) is 0 Å². The summed E-state index contributed by atoms with van der Waals surface area (Å²) in [5.41, 5.74) is 0.872. The van der Waals surface area contributed by atoms with Crippen molar-refractivity contribution in [3.63, 3.8) is 0 Å². The van der Waals surface area contributed by atoms with Gasteiger partial charge in [0.2, 0.25) is 0 Å². The lowest BCUT2D eigenvalue weighted by Gasteiger charge is -2.10. The Bertz CT molecular complexity index is 542. The van der Waals surface area contributed by atoms with Crippen LogP contribution in [0, 0.1) is 0 Å². The Kier molecular flexibility index (Phi) is 5.25. The van der Waals surface area contributed by atoms with Gasteiger partial charge in [0.1, 0.15) is 5.75 Å². The summed E-state index contributed by atoms with van der Waals surface area (Å²) >= 11 is 4.29. The summed E-state index contributed by atoms with van der Waals surface area (Å²) in [7, 11) is 1.60. The molecule has 0 aliphatic carbocycles. The van der Waals surface area contributed by atoms with E-state index in [9.17, 15) is 9.59 Å². The monoisotopic (exact) mass is 355 g/mol. The molecule has 2 amide bonds. The molecule has 0 spiro atoms. The number of carbonyl (C=O) groups is 2. The van der Waals surface area contributed by atoms with Gasteiger partial charge < -0.3 is 4.74 Å². The molecule has 0 saturated carbocycles. The largest absolute Gasteiger partial charge is 0.497 e. The smallest absolute Gasteiger partial charge is 0.293 e. The summed E-state index contributed by atoms with van der Waals surface area (Å²) in [6, 6.07) is 7.35. The predicted octanol–water partition coefficient (Wildman–Crippen LogP) is 3.52. The second-order valence-corrected chi connectivity index (χ2v) is 5.94. The predicted molar refractivity (Wildman–Crippen MR) is 84.1 cm³/mol. The Morgan fingerprint density at radius 3 is 2.60 bits per heavy atom. The van der Waals surface area contributed by atoms with E-state index in [0.29, 0.717) is 11.4 Å². The van der Waals surface area contributed by atoms with Crippen LogP contribution in [0.4, 0.5) is 4.79 Å². The lowest BCUT2D eigenvalue weighted by Crippen LogP contribution is -2.29. The average molecular weight is 356 g/mol. The molecule has 1 aromatic carbocycles. The molecule has 20 heavy (non-hydrogen) atoms. The van der Waals surface area contributed by atoms with Gasteiger partial charge >= 0.3 is 0 Å². The van der Waals surface area contributed by atoms with Crippen molar-refractivity contribution in [2.75, 3.05) is 19.0 Å². The van der Waals surface area contributed by atoms with Gasteiger partial charge in [-0.2, -0.15) is 0 Å². The van der Waals surface area contributed by atoms with Crippen LogP contribution >= 0.6 is 27.7 Å². The minimum atomic E-state index is -0.211. The van der Waals surface area contributed by atoms with Crippen LogP contribution in [-0.4, -0.2) is 35.0 Å². The third kappa shape index (κ3) is 3.43. The van der Waals surface area contributed by atoms with Crippen molar-refractivity contribution < 1.29 is 14.3 Å². The number of amides is 2. The Balaban J connectivity index is 2.14. The number of hydrogen-bond donors (Lipinski definition) is 0. The lowest BCUT2D eigenvalue weighted by molar-refractivity contribution is -0.122. The highest BCUT2D eigenvalue weighted by atomic mass is 79.9. The zero-order valence-electron chi connectivity index (χ0n) is 11.0. The van der Waals surface area contributed by atoms with E-state index in [-0.39, 0.29) is 11.1 Å². The number of rotatable bonds is 5. The van der Waals surface area contributed by atoms with E-state index in [2.05, 4.69) is 15.9 Å². The molecule has 1 aromatic rings. The van der Waals surface area contributed by atoms with E-state index >= 15 is 0 Å². The van der Waals surface area contributed by atoms with Crippen LogP contribution in [-0.2, 0) is 4.79 Å². The molecule has 0 aromatic heterocycles. The second-order valence-electron chi connectivity index (χ2n) is 4.15. The molecule has 0 atom stereocenters. The Labute approximate surface area is 130 Å². The third-order valence-electron chi connectivity index (χ3n) is 2.80. The molecule has 0 N–H and O–H groups in total. The van der Waals surface area contributed by atoms with Crippen LogP contribution in [0.25, 0.3) is 6.08 Å². The van der Waals surface area contributed by atoms with E-state index in [1.54, 1.807) is 13.2 Å². The van der Waals surface area contributed by atoms with Crippen LogP contribution in [0.2, 0.25) is 0 Å². The van der Waals surface area contributed by atoms with Gasteiger partial charge in [0.25, 0.3) is 11.1 Å². The minimum Gasteiger partial charge on any atom is -0.497 e. The van der Waals surface area contributed by atoms with Gasteiger partial charge in [-0.25, -0.2) is 0 Å². The van der Waals surface area contributed by atoms with Crippen molar-refractivity contribution in [3.8, 4) is 5.75 Å². The van der Waals surface area contributed by atoms with Crippen molar-refractivity contribution in [3.05, 3.63) is 34.7 Å². The molecule has 0 radical (unpaired) electrons. The molecule has 1 aliphatic heterocycles. The van der Waals surface area contributed by atoms with Gasteiger partial charge in [0, 0.05) is 11.9 Å². The standard InChI is InChI=1S/C14H14BrNO3S/c1-19-11-5-3-10(4-6-11)9-12-13(17)16(8-2-7-15)14(18)20-12/h3-6,9H,2,7-8H2,1H3. The van der Waals surface area contributed by atoms with Gasteiger partial charge in [0.05, 0.1) is 12.0 Å². The molecule has 0 unspecified atom stereocenters. The van der Waals surface area contributed by atoms with E-state index in [4.69, 9.17) is 4.74 Å². The number of benzene rings is 1. The number of carbonyl (C=O) groups excluding carboxylic acids is 2. The molecular formula is C14H14BrNO3S. The first kappa shape index (κ1) is 15.1. The number of ether oxygens (including phenoxy) is 1. The molecule has 1 saturated heterocycles. The van der Waals surface area contributed by atoms with E-state index in [1.165, 1.54) is 4.90 Å². The minimum absolute atomic E-state index is 0.198. The fraction of sp³-hybridized carbons (Fsp3) is 0.286. The van der Waals surface area contributed by atoms with Crippen LogP contribution in [0.15, 0.2) is 29.2 Å². The first-order chi connectivity index (χ1) is 9.65. The first-order valence-corrected chi connectivity index (χ1v) is 8.05. The molecule has 2 rings (SSSR count). The number of imide groups is 1. The SMILES string of the molecule is COc1ccc(C=C2SC(=O)N(CCCBr)C2=O)cc1. The van der Waals surface area contributed by atoms with Crippen LogP contribution < -0.4 is 4.74 Å². The van der Waals surface area contributed by atoms with Crippen LogP contribution in [0.5, 0.6) is 5.75 Å². The summed E-state index contributed by atoms with van der Waals surface area (Å²) in [6.45, 7) is 0.454. The van der Waals surface area contributed by atoms with E-state index < -0.39 is 0 Å². The number of hydrogen-bond acceptors (Lipinski definition) is 4. The summed E-state index contributed by atoms with van der Waals surface area (Å²) < 4.78 is 5.08. The number of thioether (sulfide) groups is 1. The molecule has 1 aliphatic rings. The molecule has 1 heterocycles. The Morgan fingerprint density at radius 1 is 1.30 bits per heavy atom. The van der Waals surface area contributed by atoms with Crippen molar-refractivity contribution >= 4 is 44.9 Å². The normalized spacial score (nSPS) is 17.1. The maximum atomic E-state index is 12.1. The summed E-state index contributed by atoms with van der Waals surface area (Å²) in [5, 5.41) is 0.572. The molecule has 1 fully saturated rings. The molecule has 4 nitrogen and oxygen atoms in total. The maximum absolute atomic E-state index is 12.1. The first-order valence-electron chi connectivity index (χ1n) is 6.11. The molecule has 0 bridgehead atoms. The highest BCUT2D eigenvalue weighted by Crippen LogP contribution is 2.32. The Hall–Kier alpha value is -1.27. The topological polar surface area (TPSA) is 46.6 Å². The number of nitrogens with zero attached hydrogens (tertiary/aromatic N) is 1. The Morgan fingerprint density at radius 2 is 2.00 bits per heavy atom. The van der Waals surface area contributed by atoms with Gasteiger partial charge in [-0.3, -0.25) is 14.5 Å². The number of alkyl halides is 1. The fourth-order valence-electron chi connectivity index (χ4n) is 1.76. The zero-order valence-corrected chi connectivity index (χ0v) is 13.4. The second kappa shape index (κ2) is 6.95. The third-order valence-corrected chi connectivity index (χ3v) is 4.27. The van der Waals surface area contributed by atoms with Crippen molar-refractivity contribution in [2.45, 2.75) is 6.42 Å². The highest BCUT2D eigenvalue weighted by molar-refractivity contribution is 9.09. The fourth-order valence-corrected chi connectivity index (χ4v) is 2.88. The van der Waals surface area contributed by atoms with Crippen molar-refractivity contribution in [2.24, 2.45) is 0 Å². The quantitative estimate of drug-likeness (QED) is 0.598. The molecule has 106 valence electrons. The van der Waals surface area contributed by atoms with Crippen LogP contribution in [0.1, 0.15) is 12.0 Å². The maximum Gasteiger partial charge on any atom is 0.293 e. The molecule has 6 heteroatoms. The molecular weight excluding hydrogens is 342 g/mol. The zero-order chi connectivity index (χ0) is 14.5. The average Bonchev–Trinajstić information content (AvgIpc) is 2.72.